The average molecular weight is 322 g/mol. The first kappa shape index (κ1) is 17.2. The zero-order valence-corrected chi connectivity index (χ0v) is 14.8. The minimum Gasteiger partial charge on any atom is -0.356 e. The highest BCUT2D eigenvalue weighted by Gasteiger charge is 2.40. The van der Waals surface area contributed by atoms with E-state index in [9.17, 15) is 4.79 Å². The molecule has 4 heteroatoms. The molecule has 4 nitrogen and oxygen atoms in total. The molecule has 3 N–H and O–H groups in total. The van der Waals surface area contributed by atoms with E-state index in [0.29, 0.717) is 23.8 Å². The Morgan fingerprint density at radius 2 is 1.78 bits per heavy atom. The lowest BCUT2D eigenvalue weighted by atomic mass is 9.65. The fourth-order valence-electron chi connectivity index (χ4n) is 5.14. The molecular formula is C19H35N3O. The second-order valence-electron chi connectivity index (χ2n) is 8.15. The fraction of sp³-hybridized carbons (Fsp3) is 0.947. The third-order valence-electron chi connectivity index (χ3n) is 6.79. The molecule has 0 aromatic carbocycles. The maximum Gasteiger partial charge on any atom is 0.223 e. The van der Waals surface area contributed by atoms with Crippen LogP contribution in [0.5, 0.6) is 0 Å². The normalized spacial score (nSPS) is 35.9. The third-order valence-corrected chi connectivity index (χ3v) is 6.79. The molecule has 0 aromatic rings. The lowest BCUT2D eigenvalue weighted by Gasteiger charge is -2.43. The van der Waals surface area contributed by atoms with Gasteiger partial charge in [0.05, 0.1) is 0 Å². The van der Waals surface area contributed by atoms with E-state index < -0.39 is 0 Å². The quantitative estimate of drug-likeness (QED) is 0.817. The van der Waals surface area contributed by atoms with Crippen molar-refractivity contribution in [3.63, 3.8) is 0 Å². The molecule has 1 heterocycles. The Labute approximate surface area is 141 Å². The van der Waals surface area contributed by atoms with E-state index in [1.54, 1.807) is 0 Å². The van der Waals surface area contributed by atoms with E-state index in [2.05, 4.69) is 17.1 Å². The molecule has 1 saturated heterocycles. The predicted octanol–water partition coefficient (Wildman–Crippen LogP) is 2.38. The van der Waals surface area contributed by atoms with Crippen LogP contribution in [0.2, 0.25) is 0 Å². The predicted molar refractivity (Wildman–Crippen MR) is 94.0 cm³/mol. The molecule has 2 saturated carbocycles. The number of amides is 1. The maximum atomic E-state index is 12.5. The standard InChI is InChI=1S/C19H35N3O/c1-2-22-10-7-14(8-11-22)6-9-21-19(23)17-12-15-4-3-5-16(13-17)18(15)20/h14-18H,2-13,20H2,1H3,(H,21,23). The summed E-state index contributed by atoms with van der Waals surface area (Å²) in [4.78, 5) is 15.0. The van der Waals surface area contributed by atoms with Gasteiger partial charge in [0.1, 0.15) is 0 Å². The van der Waals surface area contributed by atoms with Gasteiger partial charge < -0.3 is 16.0 Å². The number of piperidine rings is 1. The van der Waals surface area contributed by atoms with Crippen molar-refractivity contribution in [2.45, 2.75) is 64.3 Å². The molecule has 2 unspecified atom stereocenters. The van der Waals surface area contributed by atoms with E-state index in [4.69, 9.17) is 5.73 Å². The monoisotopic (exact) mass is 321 g/mol. The Hall–Kier alpha value is -0.610. The summed E-state index contributed by atoms with van der Waals surface area (Å²) < 4.78 is 0. The Morgan fingerprint density at radius 3 is 2.39 bits per heavy atom. The van der Waals surface area contributed by atoms with Crippen LogP contribution in [0, 0.1) is 23.7 Å². The number of hydrogen-bond acceptors (Lipinski definition) is 3. The highest BCUT2D eigenvalue weighted by molar-refractivity contribution is 5.78. The van der Waals surface area contributed by atoms with Gasteiger partial charge in [-0.05, 0) is 82.3 Å². The van der Waals surface area contributed by atoms with Gasteiger partial charge in [0.25, 0.3) is 0 Å². The summed E-state index contributed by atoms with van der Waals surface area (Å²) in [6.07, 6.45) is 9.58. The van der Waals surface area contributed by atoms with Crippen molar-refractivity contribution < 1.29 is 4.79 Å². The molecule has 1 aliphatic heterocycles. The number of nitrogens with one attached hydrogen (secondary N) is 1. The third kappa shape index (κ3) is 4.27. The lowest BCUT2D eigenvalue weighted by Crippen LogP contribution is -2.49. The highest BCUT2D eigenvalue weighted by Crippen LogP contribution is 2.41. The number of rotatable bonds is 5. The summed E-state index contributed by atoms with van der Waals surface area (Å²) >= 11 is 0. The summed E-state index contributed by atoms with van der Waals surface area (Å²) in [5.41, 5.74) is 6.33. The molecule has 2 atom stereocenters. The van der Waals surface area contributed by atoms with Gasteiger partial charge >= 0.3 is 0 Å². The van der Waals surface area contributed by atoms with Crippen molar-refractivity contribution in [2.24, 2.45) is 29.4 Å². The van der Waals surface area contributed by atoms with Crippen molar-refractivity contribution in [1.29, 1.82) is 0 Å². The van der Waals surface area contributed by atoms with Gasteiger partial charge in [0.2, 0.25) is 5.91 Å². The number of likely N-dealkylation sites (tertiary alicyclic amines) is 1. The van der Waals surface area contributed by atoms with E-state index in [0.717, 1.165) is 31.7 Å². The molecule has 23 heavy (non-hydrogen) atoms. The number of carbonyl (C=O) groups is 1. The molecule has 2 bridgehead atoms. The van der Waals surface area contributed by atoms with Crippen LogP contribution in [0.1, 0.15) is 58.3 Å². The molecule has 3 aliphatic rings. The smallest absolute Gasteiger partial charge is 0.223 e. The molecule has 0 spiro atoms. The Balaban J connectivity index is 1.37. The van der Waals surface area contributed by atoms with Gasteiger partial charge in [0, 0.05) is 18.5 Å². The van der Waals surface area contributed by atoms with Crippen molar-refractivity contribution >= 4 is 5.91 Å². The average Bonchev–Trinajstić information content (AvgIpc) is 2.55. The first-order valence-electron chi connectivity index (χ1n) is 9.93. The minimum absolute atomic E-state index is 0.229. The van der Waals surface area contributed by atoms with Crippen LogP contribution in [0.25, 0.3) is 0 Å². The first-order chi connectivity index (χ1) is 11.2. The van der Waals surface area contributed by atoms with Crippen molar-refractivity contribution in [2.75, 3.05) is 26.2 Å². The molecule has 3 fully saturated rings. The number of fused-ring (bicyclic) bond motifs is 2. The van der Waals surface area contributed by atoms with Gasteiger partial charge in [-0.15, -0.1) is 0 Å². The number of nitrogens with zero attached hydrogens (tertiary/aromatic N) is 1. The van der Waals surface area contributed by atoms with E-state index >= 15 is 0 Å². The zero-order chi connectivity index (χ0) is 16.2. The molecule has 1 amide bonds. The molecule has 2 aliphatic carbocycles. The van der Waals surface area contributed by atoms with Gasteiger partial charge in [-0.25, -0.2) is 0 Å². The lowest BCUT2D eigenvalue weighted by molar-refractivity contribution is -0.127. The summed E-state index contributed by atoms with van der Waals surface area (Å²) in [6, 6.07) is 0.358. The molecule has 0 aromatic heterocycles. The van der Waals surface area contributed by atoms with E-state index in [-0.39, 0.29) is 5.92 Å². The largest absolute Gasteiger partial charge is 0.356 e. The fourth-order valence-corrected chi connectivity index (χ4v) is 5.14. The maximum absolute atomic E-state index is 12.5. The van der Waals surface area contributed by atoms with Gasteiger partial charge in [-0.3, -0.25) is 4.79 Å². The van der Waals surface area contributed by atoms with Crippen LogP contribution in [-0.2, 0) is 4.79 Å². The Morgan fingerprint density at radius 1 is 1.13 bits per heavy atom. The summed E-state index contributed by atoms with van der Waals surface area (Å²) in [6.45, 7) is 6.76. The van der Waals surface area contributed by atoms with Gasteiger partial charge in [-0.1, -0.05) is 13.3 Å². The van der Waals surface area contributed by atoms with E-state index in [1.807, 2.05) is 0 Å². The second-order valence-corrected chi connectivity index (χ2v) is 8.15. The summed E-state index contributed by atoms with van der Waals surface area (Å²) in [5, 5.41) is 3.24. The van der Waals surface area contributed by atoms with Crippen LogP contribution in [0.3, 0.4) is 0 Å². The van der Waals surface area contributed by atoms with Crippen LogP contribution in [0.15, 0.2) is 0 Å². The summed E-state index contributed by atoms with van der Waals surface area (Å²) in [7, 11) is 0. The van der Waals surface area contributed by atoms with E-state index in [1.165, 1.54) is 51.7 Å². The van der Waals surface area contributed by atoms with Crippen LogP contribution in [-0.4, -0.2) is 43.0 Å². The topological polar surface area (TPSA) is 58.4 Å². The molecule has 0 radical (unpaired) electrons. The summed E-state index contributed by atoms with van der Waals surface area (Å²) in [5.74, 6) is 2.53. The number of carbonyl (C=O) groups excluding carboxylic acids is 1. The number of hydrogen-bond donors (Lipinski definition) is 2. The van der Waals surface area contributed by atoms with Crippen LogP contribution in [0.4, 0.5) is 0 Å². The Kier molecular flexibility index (Phi) is 5.97. The molecule has 132 valence electrons. The van der Waals surface area contributed by atoms with Gasteiger partial charge in [0.15, 0.2) is 0 Å². The molecular weight excluding hydrogens is 286 g/mol. The zero-order valence-electron chi connectivity index (χ0n) is 14.8. The first-order valence-corrected chi connectivity index (χ1v) is 9.93. The number of nitrogens with two attached hydrogens (primary N) is 1. The SMILES string of the molecule is CCN1CCC(CCNC(=O)C2CC3CCCC(C2)C3N)CC1. The molecule has 3 rings (SSSR count). The highest BCUT2D eigenvalue weighted by atomic mass is 16.1. The van der Waals surface area contributed by atoms with Crippen molar-refractivity contribution in [3.8, 4) is 0 Å². The van der Waals surface area contributed by atoms with Crippen molar-refractivity contribution in [1.82, 2.24) is 10.2 Å². The van der Waals surface area contributed by atoms with Crippen LogP contribution >= 0.6 is 0 Å². The van der Waals surface area contributed by atoms with Crippen LogP contribution < -0.4 is 11.1 Å². The second kappa shape index (κ2) is 7.98. The van der Waals surface area contributed by atoms with Crippen molar-refractivity contribution in [3.05, 3.63) is 0 Å². The van der Waals surface area contributed by atoms with Gasteiger partial charge in [-0.2, -0.15) is 0 Å². The minimum atomic E-state index is 0.229. The Bertz CT molecular complexity index is 378.